The largest absolute Gasteiger partial charge is 0.435 e. The fourth-order valence-corrected chi connectivity index (χ4v) is 1.62. The second-order valence-electron chi connectivity index (χ2n) is 4.29. The lowest BCUT2D eigenvalue weighted by Crippen LogP contribution is -2.35. The Labute approximate surface area is 96.2 Å². The number of hydrogen-bond acceptors (Lipinski definition) is 4. The maximum atomic E-state index is 12.3. The summed E-state index contributed by atoms with van der Waals surface area (Å²) in [6.07, 6.45) is -3.67. The number of nitrogens with zero attached hydrogens (tertiary/aromatic N) is 2. The number of hydrogen-bond donors (Lipinski definition) is 1. The lowest BCUT2D eigenvalue weighted by molar-refractivity contribution is -0.141. The van der Waals surface area contributed by atoms with E-state index < -0.39 is 11.9 Å². The second kappa shape index (κ2) is 4.14. The van der Waals surface area contributed by atoms with Gasteiger partial charge in [-0.2, -0.15) is 13.2 Å². The van der Waals surface area contributed by atoms with E-state index in [0.717, 1.165) is 12.5 Å². The van der Waals surface area contributed by atoms with Crippen molar-refractivity contribution in [1.29, 1.82) is 0 Å². The number of rotatable bonds is 2. The summed E-state index contributed by atoms with van der Waals surface area (Å²) in [4.78, 5) is 0. The van der Waals surface area contributed by atoms with Gasteiger partial charge in [0.25, 0.3) is 0 Å². The van der Waals surface area contributed by atoms with Gasteiger partial charge in [-0.3, -0.25) is 0 Å². The topological polar surface area (TPSA) is 47.0 Å². The first kappa shape index (κ1) is 12.1. The highest BCUT2D eigenvalue weighted by Crippen LogP contribution is 2.28. The molecule has 0 amide bonds. The van der Waals surface area contributed by atoms with Crippen molar-refractivity contribution in [3.05, 3.63) is 17.8 Å². The van der Waals surface area contributed by atoms with E-state index in [4.69, 9.17) is 4.74 Å². The van der Waals surface area contributed by atoms with Gasteiger partial charge >= 0.3 is 6.18 Å². The van der Waals surface area contributed by atoms with Gasteiger partial charge in [-0.25, -0.2) is 0 Å². The van der Waals surface area contributed by atoms with Crippen LogP contribution in [0.15, 0.2) is 12.1 Å². The third-order valence-electron chi connectivity index (χ3n) is 2.60. The highest BCUT2D eigenvalue weighted by atomic mass is 19.4. The quantitative estimate of drug-likeness (QED) is 0.869. The van der Waals surface area contributed by atoms with Crippen molar-refractivity contribution in [2.45, 2.75) is 25.1 Å². The van der Waals surface area contributed by atoms with Gasteiger partial charge in [-0.15, -0.1) is 10.2 Å². The minimum Gasteiger partial charge on any atom is -0.379 e. The van der Waals surface area contributed by atoms with Crippen molar-refractivity contribution < 1.29 is 17.9 Å². The van der Waals surface area contributed by atoms with Crippen molar-refractivity contribution >= 4 is 5.82 Å². The Morgan fingerprint density at radius 2 is 2.12 bits per heavy atom. The summed E-state index contributed by atoms with van der Waals surface area (Å²) >= 11 is 0. The molecule has 1 aromatic heterocycles. The molecule has 1 aliphatic rings. The third-order valence-corrected chi connectivity index (χ3v) is 2.60. The summed E-state index contributed by atoms with van der Waals surface area (Å²) in [6.45, 7) is 3.08. The highest BCUT2D eigenvalue weighted by molar-refractivity contribution is 5.37. The molecule has 94 valence electrons. The van der Waals surface area contributed by atoms with Gasteiger partial charge in [-0.05, 0) is 25.5 Å². The molecular formula is C10H12F3N3O. The molecule has 2 heterocycles. The van der Waals surface area contributed by atoms with Crippen LogP contribution in [-0.2, 0) is 10.9 Å². The molecule has 1 N–H and O–H groups in total. The maximum Gasteiger partial charge on any atom is 0.435 e. The first-order valence-electron chi connectivity index (χ1n) is 5.16. The van der Waals surface area contributed by atoms with E-state index in [1.54, 1.807) is 0 Å². The number of nitrogens with one attached hydrogen (secondary N) is 1. The van der Waals surface area contributed by atoms with Gasteiger partial charge in [0, 0.05) is 6.61 Å². The Bertz CT molecular complexity index is 385. The highest BCUT2D eigenvalue weighted by Gasteiger charge is 2.34. The minimum absolute atomic E-state index is 0.283. The van der Waals surface area contributed by atoms with E-state index in [0.29, 0.717) is 19.0 Å². The smallest absolute Gasteiger partial charge is 0.379 e. The van der Waals surface area contributed by atoms with Crippen LogP contribution in [0.25, 0.3) is 0 Å². The average molecular weight is 247 g/mol. The fraction of sp³-hybridized carbons (Fsp3) is 0.600. The molecule has 1 fully saturated rings. The number of aromatic nitrogens is 2. The Kier molecular flexibility index (Phi) is 2.94. The summed E-state index contributed by atoms with van der Waals surface area (Å²) < 4.78 is 42.0. The second-order valence-corrected chi connectivity index (χ2v) is 4.29. The maximum absolute atomic E-state index is 12.3. The van der Waals surface area contributed by atoms with Gasteiger partial charge in [0.15, 0.2) is 5.69 Å². The summed E-state index contributed by atoms with van der Waals surface area (Å²) in [6, 6.07) is 2.19. The van der Waals surface area contributed by atoms with E-state index in [9.17, 15) is 13.2 Å². The number of halogens is 3. The zero-order valence-electron chi connectivity index (χ0n) is 9.21. The number of anilines is 1. The van der Waals surface area contributed by atoms with Crippen LogP contribution in [0.4, 0.5) is 19.0 Å². The molecule has 17 heavy (non-hydrogen) atoms. The van der Waals surface area contributed by atoms with Gasteiger partial charge in [0.05, 0.1) is 12.1 Å². The zero-order valence-corrected chi connectivity index (χ0v) is 9.21. The van der Waals surface area contributed by atoms with E-state index >= 15 is 0 Å². The van der Waals surface area contributed by atoms with E-state index in [-0.39, 0.29) is 5.54 Å². The number of ether oxygens (including phenoxy) is 1. The van der Waals surface area contributed by atoms with Crippen molar-refractivity contribution in [2.24, 2.45) is 0 Å². The van der Waals surface area contributed by atoms with Crippen molar-refractivity contribution in [1.82, 2.24) is 10.2 Å². The standard InChI is InChI=1S/C10H12F3N3O/c1-9(4-5-17-6-9)14-8-3-2-7(15-16-8)10(11,12)13/h2-3H,4-6H2,1H3,(H,14,16). The fourth-order valence-electron chi connectivity index (χ4n) is 1.62. The van der Waals surface area contributed by atoms with Crippen LogP contribution in [0, 0.1) is 0 Å². The summed E-state index contributed by atoms with van der Waals surface area (Å²) in [5.74, 6) is 0.325. The lowest BCUT2D eigenvalue weighted by atomic mass is 10.0. The first-order valence-corrected chi connectivity index (χ1v) is 5.16. The summed E-state index contributed by atoms with van der Waals surface area (Å²) in [5.41, 5.74) is -1.27. The molecule has 0 radical (unpaired) electrons. The van der Waals surface area contributed by atoms with Gasteiger partial charge in [0.2, 0.25) is 0 Å². The van der Waals surface area contributed by atoms with Crippen molar-refractivity contribution in [3.8, 4) is 0 Å². The molecule has 1 unspecified atom stereocenters. The molecule has 0 spiro atoms. The average Bonchev–Trinajstić information content (AvgIpc) is 2.64. The molecule has 0 bridgehead atoms. The monoisotopic (exact) mass is 247 g/mol. The van der Waals surface area contributed by atoms with Crippen LogP contribution in [0.5, 0.6) is 0 Å². The Morgan fingerprint density at radius 3 is 2.59 bits per heavy atom. The van der Waals surface area contributed by atoms with Gasteiger partial charge in [0.1, 0.15) is 5.82 Å². The molecule has 1 aliphatic heterocycles. The summed E-state index contributed by atoms with van der Waals surface area (Å²) in [5, 5.41) is 9.69. The predicted molar refractivity (Wildman–Crippen MR) is 54.5 cm³/mol. The normalized spacial score (nSPS) is 24.9. The third kappa shape index (κ3) is 2.85. The number of alkyl halides is 3. The lowest BCUT2D eigenvalue weighted by Gasteiger charge is -2.23. The van der Waals surface area contributed by atoms with Crippen molar-refractivity contribution in [2.75, 3.05) is 18.5 Å². The van der Waals surface area contributed by atoms with Crippen LogP contribution in [0.1, 0.15) is 19.0 Å². The van der Waals surface area contributed by atoms with Crippen LogP contribution in [-0.4, -0.2) is 29.0 Å². The Hall–Kier alpha value is -1.37. The van der Waals surface area contributed by atoms with Crippen LogP contribution in [0.2, 0.25) is 0 Å². The summed E-state index contributed by atoms with van der Waals surface area (Å²) in [7, 11) is 0. The molecule has 0 saturated carbocycles. The van der Waals surface area contributed by atoms with Gasteiger partial charge in [-0.1, -0.05) is 0 Å². The molecular weight excluding hydrogens is 235 g/mol. The van der Waals surface area contributed by atoms with Crippen LogP contribution < -0.4 is 5.32 Å². The van der Waals surface area contributed by atoms with E-state index in [1.807, 2.05) is 6.92 Å². The van der Waals surface area contributed by atoms with Crippen LogP contribution >= 0.6 is 0 Å². The molecule has 4 nitrogen and oxygen atoms in total. The minimum atomic E-state index is -4.45. The molecule has 1 atom stereocenters. The van der Waals surface area contributed by atoms with Crippen LogP contribution in [0.3, 0.4) is 0 Å². The molecule has 0 aromatic carbocycles. The molecule has 1 saturated heterocycles. The SMILES string of the molecule is CC1(Nc2ccc(C(F)(F)F)nn2)CCOC1. The zero-order chi connectivity index (χ0) is 12.5. The molecule has 2 rings (SSSR count). The first-order chi connectivity index (χ1) is 7.89. The van der Waals surface area contributed by atoms with E-state index in [1.165, 1.54) is 6.07 Å². The Balaban J connectivity index is 2.08. The molecule has 0 aliphatic carbocycles. The predicted octanol–water partition coefficient (Wildman–Crippen LogP) is 2.09. The van der Waals surface area contributed by atoms with Crippen molar-refractivity contribution in [3.63, 3.8) is 0 Å². The van der Waals surface area contributed by atoms with Gasteiger partial charge < -0.3 is 10.1 Å². The molecule has 1 aromatic rings. The molecule has 7 heteroatoms. The Morgan fingerprint density at radius 1 is 1.35 bits per heavy atom. The van der Waals surface area contributed by atoms with E-state index in [2.05, 4.69) is 15.5 Å².